The summed E-state index contributed by atoms with van der Waals surface area (Å²) in [5.41, 5.74) is 16.9. The largest absolute Gasteiger partial charge is 0.361 e. The topological polar surface area (TPSA) is 226 Å². The predicted molar refractivity (Wildman–Crippen MR) is 223 cm³/mol. The first-order valence-electron chi connectivity index (χ1n) is 19.6. The molecule has 0 unspecified atom stereocenters. The number of likely N-dealkylation sites (N-methyl/N-ethyl adjacent to an activating group) is 1. The van der Waals surface area contributed by atoms with E-state index >= 15 is 4.39 Å². The van der Waals surface area contributed by atoms with Gasteiger partial charge >= 0.3 is 0 Å². The number of nitrogens with zero attached hydrogens (tertiary/aromatic N) is 5. The van der Waals surface area contributed by atoms with Crippen molar-refractivity contribution in [1.82, 2.24) is 51.4 Å². The van der Waals surface area contributed by atoms with Crippen LogP contribution >= 0.6 is 11.8 Å². The number of nitrogens with two attached hydrogens (primary N) is 2. The molecule has 9 N–H and O–H groups in total. The number of nitrogens with one attached hydrogen (secondary N) is 5. The highest BCUT2D eigenvalue weighted by Gasteiger charge is 2.34. The number of aromatic nitrogens is 6. The number of aromatic amines is 2. The van der Waals surface area contributed by atoms with Crippen molar-refractivity contribution in [2.24, 2.45) is 11.5 Å². The number of pyridine rings is 1. The third kappa shape index (κ3) is 9.49. The second-order valence-corrected chi connectivity index (χ2v) is 15.4. The molecule has 3 amide bonds. The van der Waals surface area contributed by atoms with E-state index in [-0.39, 0.29) is 36.7 Å². The summed E-state index contributed by atoms with van der Waals surface area (Å²) >= 11 is 1.14. The van der Waals surface area contributed by atoms with Crippen molar-refractivity contribution in [3.8, 4) is 22.5 Å². The van der Waals surface area contributed by atoms with Crippen LogP contribution in [0.4, 0.5) is 4.39 Å². The Kier molecular flexibility index (Phi) is 13.4. The molecule has 15 nitrogen and oxygen atoms in total. The molecule has 6 aromatic rings. The second kappa shape index (κ2) is 19.2. The summed E-state index contributed by atoms with van der Waals surface area (Å²) in [6, 6.07) is 19.2. The summed E-state index contributed by atoms with van der Waals surface area (Å²) in [5.74, 6) is -1.28. The predicted octanol–water partition coefficient (Wildman–Crippen LogP) is 3.82. The zero-order valence-corrected chi connectivity index (χ0v) is 33.4. The van der Waals surface area contributed by atoms with Gasteiger partial charge in [0, 0.05) is 55.4 Å². The van der Waals surface area contributed by atoms with Crippen LogP contribution in [0.15, 0.2) is 95.1 Å². The van der Waals surface area contributed by atoms with E-state index in [9.17, 15) is 14.4 Å². The normalized spacial score (nSPS) is 18.2. The lowest BCUT2D eigenvalue weighted by molar-refractivity contribution is -0.142. The summed E-state index contributed by atoms with van der Waals surface area (Å²) in [7, 11) is 1.57. The number of carbonyl (C=O) groups excluding carboxylic acids is 3. The molecule has 1 aliphatic rings. The number of amides is 3. The Hall–Kier alpha value is -6.01. The quantitative estimate of drug-likeness (QED) is 0.105. The van der Waals surface area contributed by atoms with Gasteiger partial charge in [0.15, 0.2) is 5.82 Å². The van der Waals surface area contributed by atoms with Crippen LogP contribution < -0.4 is 27.4 Å². The van der Waals surface area contributed by atoms with Crippen LogP contribution in [-0.2, 0) is 33.9 Å². The lowest BCUT2D eigenvalue weighted by atomic mass is 9.97. The highest BCUT2D eigenvalue weighted by atomic mass is 32.2. The fourth-order valence-electron chi connectivity index (χ4n) is 7.33. The lowest BCUT2D eigenvalue weighted by Crippen LogP contribution is -2.57. The Morgan fingerprint density at radius 1 is 0.881 bits per heavy atom. The minimum atomic E-state index is -1.02. The van der Waals surface area contributed by atoms with Crippen LogP contribution in [0.3, 0.4) is 0 Å². The van der Waals surface area contributed by atoms with E-state index < -0.39 is 35.8 Å². The molecule has 7 rings (SSSR count). The third-order valence-electron chi connectivity index (χ3n) is 10.6. The van der Waals surface area contributed by atoms with Crippen molar-refractivity contribution in [2.45, 2.75) is 73.2 Å². The van der Waals surface area contributed by atoms with Crippen molar-refractivity contribution < 1.29 is 18.8 Å². The van der Waals surface area contributed by atoms with Crippen molar-refractivity contribution in [2.75, 3.05) is 20.1 Å². The molecule has 0 bridgehead atoms. The summed E-state index contributed by atoms with van der Waals surface area (Å²) in [6.45, 7) is 0.805. The molecule has 59 heavy (non-hydrogen) atoms. The Labute approximate surface area is 344 Å². The number of hydrogen-bond acceptors (Lipinski definition) is 11. The molecular weight excluding hydrogens is 772 g/mol. The number of rotatable bonds is 10. The van der Waals surface area contributed by atoms with E-state index in [1.54, 1.807) is 25.4 Å². The Balaban J connectivity index is 1.33. The summed E-state index contributed by atoms with van der Waals surface area (Å²) in [5, 5.41) is 25.0. The number of carbonyl (C=O) groups is 3. The van der Waals surface area contributed by atoms with E-state index in [4.69, 9.17) is 11.5 Å². The smallest absolute Gasteiger partial charge is 0.245 e. The van der Waals surface area contributed by atoms with Gasteiger partial charge in [-0.2, -0.15) is 0 Å². The standard InChI is InChI=1S/C42H47FN12O3S/c1-55-36(21-28-23-47-33-9-3-2-8-30(28)33)40(57)49-24-31-29(25-12-14-26(15-13-25)38-51-53-54-52-38)16-17-32(43)37(31)59-41-27(7-6-20-46-41)22-48-34(10-4-18-44)39(56)50-35(42(55)58)11-5-19-45/h2-3,6-9,12-17,20,23,34-36,47-48H,4-5,10-11,18-19,21-22,24,44-45H2,1H3,(H,49,57)(H,50,56)(H,51,52,53,54)/t34-,35-,36-/m0/s1. The first-order valence-corrected chi connectivity index (χ1v) is 20.4. The molecule has 0 spiro atoms. The first kappa shape index (κ1) is 41.2. The van der Waals surface area contributed by atoms with Gasteiger partial charge in [0.1, 0.15) is 22.9 Å². The zero-order valence-electron chi connectivity index (χ0n) is 32.6. The minimum Gasteiger partial charge on any atom is -0.361 e. The maximum Gasteiger partial charge on any atom is 0.245 e. The van der Waals surface area contributed by atoms with Crippen molar-refractivity contribution in [1.29, 1.82) is 0 Å². The molecule has 0 aliphatic carbocycles. The van der Waals surface area contributed by atoms with Gasteiger partial charge in [0.2, 0.25) is 17.7 Å². The van der Waals surface area contributed by atoms with Crippen molar-refractivity contribution >= 4 is 40.4 Å². The van der Waals surface area contributed by atoms with Gasteiger partial charge in [-0.15, -0.1) is 5.10 Å². The van der Waals surface area contributed by atoms with Gasteiger partial charge in [-0.3, -0.25) is 14.4 Å². The number of halogens is 1. The maximum atomic E-state index is 16.3. The van der Waals surface area contributed by atoms with Gasteiger partial charge in [0.05, 0.1) is 10.9 Å². The summed E-state index contributed by atoms with van der Waals surface area (Å²) in [6.07, 6.45) is 5.30. The average Bonchev–Trinajstić information content (AvgIpc) is 3.95. The van der Waals surface area contributed by atoms with Crippen LogP contribution in [0.2, 0.25) is 0 Å². The molecule has 3 aromatic heterocycles. The van der Waals surface area contributed by atoms with Gasteiger partial charge in [-0.1, -0.05) is 66.4 Å². The summed E-state index contributed by atoms with van der Waals surface area (Å²) in [4.78, 5) is 52.8. The van der Waals surface area contributed by atoms with Crippen LogP contribution in [0.1, 0.15) is 42.4 Å². The second-order valence-electron chi connectivity index (χ2n) is 14.4. The van der Waals surface area contributed by atoms with Gasteiger partial charge in [0.25, 0.3) is 0 Å². The number of H-pyrrole nitrogens is 2. The zero-order chi connectivity index (χ0) is 41.3. The molecule has 0 fully saturated rings. The SMILES string of the molecule is CN1C(=O)[C@H](CCCN)NC(=O)[C@H](CCCN)NCc2cccnc2Sc2c(F)ccc(-c3ccc(-c4nnn[nH]4)cc3)c2CNC(=O)[C@@H]1Cc1c[nH]c2ccccc12. The third-order valence-corrected chi connectivity index (χ3v) is 11.8. The summed E-state index contributed by atoms with van der Waals surface area (Å²) < 4.78 is 16.3. The molecule has 3 aromatic carbocycles. The van der Waals surface area contributed by atoms with Crippen LogP contribution in [-0.4, -0.2) is 91.5 Å². The molecular formula is C42H47FN12O3S. The molecule has 17 heteroatoms. The molecule has 1 aliphatic heterocycles. The van der Waals surface area contributed by atoms with E-state index in [0.717, 1.165) is 44.9 Å². The minimum absolute atomic E-state index is 0.0800. The van der Waals surface area contributed by atoms with Crippen LogP contribution in [0, 0.1) is 5.82 Å². The lowest BCUT2D eigenvalue weighted by Gasteiger charge is -2.32. The average molecular weight is 819 g/mol. The Bertz CT molecular complexity index is 2390. The first-order chi connectivity index (χ1) is 28.7. The molecule has 0 saturated carbocycles. The Morgan fingerprint density at radius 2 is 1.64 bits per heavy atom. The monoisotopic (exact) mass is 818 g/mol. The number of hydrogen-bond donors (Lipinski definition) is 7. The highest BCUT2D eigenvalue weighted by Crippen LogP contribution is 2.39. The van der Waals surface area contributed by atoms with E-state index in [0.29, 0.717) is 54.3 Å². The highest BCUT2D eigenvalue weighted by molar-refractivity contribution is 7.99. The van der Waals surface area contributed by atoms with Gasteiger partial charge in [-0.05, 0) is 95.2 Å². The van der Waals surface area contributed by atoms with Gasteiger partial charge < -0.3 is 37.3 Å². The number of para-hydroxylation sites is 1. The van der Waals surface area contributed by atoms with Crippen molar-refractivity contribution in [3.05, 3.63) is 108 Å². The van der Waals surface area contributed by atoms with Crippen LogP contribution in [0.5, 0.6) is 0 Å². The van der Waals surface area contributed by atoms with E-state index in [1.165, 1.54) is 11.0 Å². The molecule has 0 radical (unpaired) electrons. The molecule has 306 valence electrons. The number of tetrazole rings is 1. The Morgan fingerprint density at radius 3 is 2.41 bits per heavy atom. The molecule has 0 saturated heterocycles. The maximum absolute atomic E-state index is 16.3. The molecule has 4 heterocycles. The number of benzene rings is 3. The molecule has 3 atom stereocenters. The van der Waals surface area contributed by atoms with Crippen LogP contribution in [0.25, 0.3) is 33.4 Å². The van der Waals surface area contributed by atoms with Crippen molar-refractivity contribution in [3.63, 3.8) is 0 Å². The van der Waals surface area contributed by atoms with E-state index in [2.05, 4.69) is 46.5 Å². The number of fused-ring (bicyclic) bond motifs is 3. The fraction of sp³-hybridized carbons (Fsp3) is 0.310. The van der Waals surface area contributed by atoms with Gasteiger partial charge in [-0.25, -0.2) is 14.5 Å². The van der Waals surface area contributed by atoms with E-state index in [1.807, 2.05) is 60.8 Å². The fourth-order valence-corrected chi connectivity index (χ4v) is 8.38.